The summed E-state index contributed by atoms with van der Waals surface area (Å²) in [7, 11) is -7.65. The van der Waals surface area contributed by atoms with Gasteiger partial charge in [0.25, 0.3) is 5.91 Å². The molecule has 2 heterocycles. The van der Waals surface area contributed by atoms with Crippen molar-refractivity contribution in [3.8, 4) is 0 Å². The van der Waals surface area contributed by atoms with Gasteiger partial charge in [0.15, 0.2) is 0 Å². The lowest BCUT2D eigenvalue weighted by Gasteiger charge is -2.28. The molecular formula is C25H32N4O7S2. The van der Waals surface area contributed by atoms with Gasteiger partial charge in [-0.1, -0.05) is 12.1 Å². The van der Waals surface area contributed by atoms with Crippen molar-refractivity contribution in [2.24, 2.45) is 0 Å². The molecule has 0 bridgehead atoms. The lowest BCUT2D eigenvalue weighted by molar-refractivity contribution is -0.114. The molecule has 11 nitrogen and oxygen atoms in total. The number of likely N-dealkylation sites (tertiary alicyclic amines) is 1. The first-order valence-corrected chi connectivity index (χ1v) is 15.7. The molecule has 1 N–H and O–H groups in total. The van der Waals surface area contributed by atoms with E-state index in [0.717, 1.165) is 29.8 Å². The number of amides is 2. The molecule has 0 unspecified atom stereocenters. The van der Waals surface area contributed by atoms with E-state index in [2.05, 4.69) is 5.32 Å². The van der Waals surface area contributed by atoms with Gasteiger partial charge in [-0.15, -0.1) is 0 Å². The Kier molecular flexibility index (Phi) is 8.71. The van der Waals surface area contributed by atoms with Crippen LogP contribution in [0.15, 0.2) is 53.4 Å². The molecular weight excluding hydrogens is 532 g/mol. The summed E-state index contributed by atoms with van der Waals surface area (Å²) in [5, 5.41) is 2.67. The van der Waals surface area contributed by atoms with Crippen LogP contribution in [0.2, 0.25) is 0 Å². The maximum absolute atomic E-state index is 13.0. The summed E-state index contributed by atoms with van der Waals surface area (Å²) in [6.45, 7) is 1.84. The van der Waals surface area contributed by atoms with Crippen molar-refractivity contribution in [1.82, 2.24) is 9.21 Å². The number of rotatable bonds is 8. The van der Waals surface area contributed by atoms with Crippen LogP contribution in [0.5, 0.6) is 0 Å². The SMILES string of the molecule is CS(=O)(=O)N(CC(=O)Nc1ccccc1C(=O)N1CCCCC1)c1ccc(S(=O)(=O)N2CCOCC2)cc1. The summed E-state index contributed by atoms with van der Waals surface area (Å²) in [5.74, 6) is -0.822. The predicted molar refractivity (Wildman–Crippen MR) is 143 cm³/mol. The third-order valence-corrected chi connectivity index (χ3v) is 9.55. The Labute approximate surface area is 223 Å². The highest BCUT2D eigenvalue weighted by atomic mass is 32.2. The van der Waals surface area contributed by atoms with E-state index in [1.54, 1.807) is 29.2 Å². The van der Waals surface area contributed by atoms with Crippen LogP contribution in [0.25, 0.3) is 0 Å². The van der Waals surface area contributed by atoms with E-state index in [1.165, 1.54) is 28.6 Å². The fourth-order valence-electron chi connectivity index (χ4n) is 4.49. The molecule has 4 rings (SSSR count). The molecule has 2 amide bonds. The second-order valence-electron chi connectivity index (χ2n) is 9.23. The van der Waals surface area contributed by atoms with E-state index in [4.69, 9.17) is 4.74 Å². The van der Waals surface area contributed by atoms with Crippen LogP contribution in [0, 0.1) is 0 Å². The quantitative estimate of drug-likeness (QED) is 0.516. The number of morpholine rings is 1. The molecule has 13 heteroatoms. The van der Waals surface area contributed by atoms with E-state index >= 15 is 0 Å². The fourth-order valence-corrected chi connectivity index (χ4v) is 6.75. The van der Waals surface area contributed by atoms with Crippen molar-refractivity contribution < 1.29 is 31.2 Å². The first kappa shape index (κ1) is 28.0. The van der Waals surface area contributed by atoms with Crippen molar-refractivity contribution in [3.05, 3.63) is 54.1 Å². The average Bonchev–Trinajstić information content (AvgIpc) is 2.92. The molecule has 38 heavy (non-hydrogen) atoms. The summed E-state index contributed by atoms with van der Waals surface area (Å²) >= 11 is 0. The standard InChI is InChI=1S/C25H32N4O7S2/c1-37(32,33)29(20-9-11-21(12-10-20)38(34,35)28-15-17-36-18-16-28)19-24(30)26-23-8-4-3-7-22(23)25(31)27-13-5-2-6-14-27/h3-4,7-12H,2,5-6,13-19H2,1H3,(H,26,30). The Morgan fingerprint density at radius 1 is 0.895 bits per heavy atom. The number of ether oxygens (including phenoxy) is 1. The normalized spacial score (nSPS) is 17.1. The minimum absolute atomic E-state index is 0.0196. The Morgan fingerprint density at radius 3 is 2.16 bits per heavy atom. The third-order valence-electron chi connectivity index (χ3n) is 6.49. The van der Waals surface area contributed by atoms with E-state index in [1.807, 2.05) is 0 Å². The number of anilines is 2. The van der Waals surface area contributed by atoms with Crippen molar-refractivity contribution in [2.75, 3.05) is 61.8 Å². The number of sulfonamides is 2. The Hall–Kier alpha value is -3.00. The van der Waals surface area contributed by atoms with E-state index < -0.39 is 32.5 Å². The van der Waals surface area contributed by atoms with Crippen molar-refractivity contribution >= 4 is 43.2 Å². The summed E-state index contributed by atoms with van der Waals surface area (Å²) < 4.78 is 58.4. The highest BCUT2D eigenvalue weighted by molar-refractivity contribution is 7.92. The zero-order chi connectivity index (χ0) is 27.3. The zero-order valence-corrected chi connectivity index (χ0v) is 22.8. The number of hydrogen-bond acceptors (Lipinski definition) is 7. The molecule has 2 aliphatic rings. The Bertz CT molecular complexity index is 1370. The maximum Gasteiger partial charge on any atom is 0.255 e. The van der Waals surface area contributed by atoms with Crippen molar-refractivity contribution in [2.45, 2.75) is 24.2 Å². The van der Waals surface area contributed by atoms with Gasteiger partial charge in [0.1, 0.15) is 6.54 Å². The van der Waals surface area contributed by atoms with Gasteiger partial charge in [-0.05, 0) is 55.7 Å². The molecule has 2 aliphatic heterocycles. The van der Waals surface area contributed by atoms with E-state index in [-0.39, 0.29) is 29.6 Å². The average molecular weight is 565 g/mol. The Morgan fingerprint density at radius 2 is 1.53 bits per heavy atom. The zero-order valence-electron chi connectivity index (χ0n) is 21.2. The molecule has 2 saturated heterocycles. The van der Waals surface area contributed by atoms with Crippen LogP contribution in [-0.4, -0.2) is 90.0 Å². The molecule has 0 radical (unpaired) electrons. The minimum Gasteiger partial charge on any atom is -0.379 e. The van der Waals surface area contributed by atoms with Crippen molar-refractivity contribution in [1.29, 1.82) is 0 Å². The first-order valence-electron chi connectivity index (χ1n) is 12.4. The van der Waals surface area contributed by atoms with Gasteiger partial charge in [0.05, 0.1) is 41.3 Å². The topological polar surface area (TPSA) is 133 Å². The summed E-state index contributed by atoms with van der Waals surface area (Å²) in [4.78, 5) is 27.8. The van der Waals surface area contributed by atoms with Gasteiger partial charge in [0, 0.05) is 26.2 Å². The number of nitrogens with zero attached hydrogens (tertiary/aromatic N) is 3. The second-order valence-corrected chi connectivity index (χ2v) is 13.1. The van der Waals surface area contributed by atoms with Gasteiger partial charge in [-0.25, -0.2) is 16.8 Å². The van der Waals surface area contributed by atoms with Crippen LogP contribution in [-0.2, 0) is 29.6 Å². The van der Waals surface area contributed by atoms with E-state index in [9.17, 15) is 26.4 Å². The number of benzene rings is 2. The molecule has 0 saturated carbocycles. The van der Waals surface area contributed by atoms with Crippen LogP contribution < -0.4 is 9.62 Å². The third kappa shape index (κ3) is 6.52. The van der Waals surface area contributed by atoms with Crippen LogP contribution in [0.1, 0.15) is 29.6 Å². The molecule has 2 aromatic carbocycles. The number of nitrogens with one attached hydrogen (secondary N) is 1. The summed E-state index contributed by atoms with van der Waals surface area (Å²) in [6.07, 6.45) is 3.89. The highest BCUT2D eigenvalue weighted by Crippen LogP contribution is 2.24. The highest BCUT2D eigenvalue weighted by Gasteiger charge is 2.28. The molecule has 2 fully saturated rings. The van der Waals surface area contributed by atoms with Gasteiger partial charge < -0.3 is 15.0 Å². The first-order chi connectivity index (χ1) is 18.1. The summed E-state index contributed by atoms with van der Waals surface area (Å²) in [5.41, 5.74) is 0.779. The molecule has 0 spiro atoms. The lowest BCUT2D eigenvalue weighted by atomic mass is 10.1. The summed E-state index contributed by atoms with van der Waals surface area (Å²) in [6, 6.07) is 12.0. The van der Waals surface area contributed by atoms with E-state index in [0.29, 0.717) is 37.6 Å². The van der Waals surface area contributed by atoms with Gasteiger partial charge in [-0.3, -0.25) is 13.9 Å². The number of piperidine rings is 1. The number of carbonyl (C=O) groups is 2. The fraction of sp³-hybridized carbons (Fsp3) is 0.440. The minimum atomic E-state index is -3.90. The lowest BCUT2D eigenvalue weighted by Crippen LogP contribution is -2.40. The Balaban J connectivity index is 1.50. The molecule has 0 aliphatic carbocycles. The monoisotopic (exact) mass is 564 g/mol. The van der Waals surface area contributed by atoms with Crippen LogP contribution >= 0.6 is 0 Å². The van der Waals surface area contributed by atoms with Gasteiger partial charge in [0.2, 0.25) is 26.0 Å². The van der Waals surface area contributed by atoms with Gasteiger partial charge in [-0.2, -0.15) is 4.31 Å². The van der Waals surface area contributed by atoms with Crippen LogP contribution in [0.3, 0.4) is 0 Å². The van der Waals surface area contributed by atoms with Gasteiger partial charge >= 0.3 is 0 Å². The largest absolute Gasteiger partial charge is 0.379 e. The molecule has 0 aromatic heterocycles. The maximum atomic E-state index is 13.0. The number of hydrogen-bond donors (Lipinski definition) is 1. The molecule has 0 atom stereocenters. The number of para-hydroxylation sites is 1. The molecule has 2 aromatic rings. The smallest absolute Gasteiger partial charge is 0.255 e. The van der Waals surface area contributed by atoms with Crippen molar-refractivity contribution in [3.63, 3.8) is 0 Å². The second kappa shape index (κ2) is 11.8. The molecule has 206 valence electrons. The number of carbonyl (C=O) groups excluding carboxylic acids is 2. The van der Waals surface area contributed by atoms with Crippen LogP contribution in [0.4, 0.5) is 11.4 Å². The predicted octanol–water partition coefficient (Wildman–Crippen LogP) is 1.74.